The van der Waals surface area contributed by atoms with Crippen molar-refractivity contribution in [3.8, 4) is 17.2 Å². The lowest BCUT2D eigenvalue weighted by Gasteiger charge is -2.24. The van der Waals surface area contributed by atoms with Crippen LogP contribution in [-0.2, 0) is 0 Å². The van der Waals surface area contributed by atoms with Gasteiger partial charge in [0.2, 0.25) is 5.75 Å². The van der Waals surface area contributed by atoms with Crippen LogP contribution in [0.5, 0.6) is 17.2 Å². The Hall–Kier alpha value is -3.47. The number of methoxy groups -OCH3 is 3. The zero-order chi connectivity index (χ0) is 24.0. The van der Waals surface area contributed by atoms with Gasteiger partial charge >= 0.3 is 6.03 Å². The van der Waals surface area contributed by atoms with E-state index in [0.29, 0.717) is 45.7 Å². The maximum absolute atomic E-state index is 12.5. The van der Waals surface area contributed by atoms with Crippen molar-refractivity contribution in [2.75, 3.05) is 32.0 Å². The van der Waals surface area contributed by atoms with Gasteiger partial charge in [0, 0.05) is 23.9 Å². The molecule has 0 saturated carbocycles. The van der Waals surface area contributed by atoms with Crippen LogP contribution in [0.2, 0.25) is 0 Å². The van der Waals surface area contributed by atoms with Crippen LogP contribution in [0.15, 0.2) is 30.5 Å². The summed E-state index contributed by atoms with van der Waals surface area (Å²) in [4.78, 5) is 25.9. The van der Waals surface area contributed by atoms with Gasteiger partial charge in [0.15, 0.2) is 23.0 Å². The molecular formula is C22H28N6O4S. The van der Waals surface area contributed by atoms with Gasteiger partial charge < -0.3 is 19.5 Å². The second kappa shape index (κ2) is 10.9. The van der Waals surface area contributed by atoms with Crippen molar-refractivity contribution in [3.63, 3.8) is 0 Å². The molecule has 0 radical (unpaired) electrons. The van der Waals surface area contributed by atoms with Crippen molar-refractivity contribution in [1.82, 2.24) is 19.3 Å². The Morgan fingerprint density at radius 2 is 1.67 bits per heavy atom. The SMILES string of the molecule is CCC(CC)N(S)C(=O)Nc1ccc2ncc(Nc3cc(OC)c(OC)c(OC)c3)nc2n1. The Morgan fingerprint density at radius 1 is 1.03 bits per heavy atom. The van der Waals surface area contributed by atoms with Gasteiger partial charge in [-0.25, -0.2) is 19.7 Å². The highest BCUT2D eigenvalue weighted by molar-refractivity contribution is 7.78. The molecule has 0 unspecified atom stereocenters. The molecular weight excluding hydrogens is 444 g/mol. The number of aromatic nitrogens is 3. The van der Waals surface area contributed by atoms with Crippen molar-refractivity contribution in [2.24, 2.45) is 0 Å². The monoisotopic (exact) mass is 472 g/mol. The van der Waals surface area contributed by atoms with E-state index in [1.165, 1.54) is 4.31 Å². The zero-order valence-corrected chi connectivity index (χ0v) is 20.1. The van der Waals surface area contributed by atoms with E-state index in [2.05, 4.69) is 38.4 Å². The Labute approximate surface area is 198 Å². The number of nitrogens with one attached hydrogen (secondary N) is 2. The number of benzene rings is 1. The number of nitrogens with zero attached hydrogens (tertiary/aromatic N) is 4. The molecule has 10 nitrogen and oxygen atoms in total. The zero-order valence-electron chi connectivity index (χ0n) is 19.2. The first-order valence-electron chi connectivity index (χ1n) is 10.4. The Kier molecular flexibility index (Phi) is 7.99. The first-order chi connectivity index (χ1) is 15.9. The summed E-state index contributed by atoms with van der Waals surface area (Å²) in [6.07, 6.45) is 3.20. The van der Waals surface area contributed by atoms with Crippen LogP contribution in [0.25, 0.3) is 11.2 Å². The molecule has 0 saturated heterocycles. The van der Waals surface area contributed by atoms with Crippen LogP contribution in [0.3, 0.4) is 0 Å². The third-order valence-electron chi connectivity index (χ3n) is 5.08. The second-order valence-corrected chi connectivity index (χ2v) is 7.51. The van der Waals surface area contributed by atoms with E-state index in [9.17, 15) is 4.79 Å². The molecule has 0 fully saturated rings. The van der Waals surface area contributed by atoms with Gasteiger partial charge in [-0.1, -0.05) is 26.7 Å². The molecule has 176 valence electrons. The lowest BCUT2D eigenvalue weighted by molar-refractivity contribution is 0.227. The topological polar surface area (TPSA) is 111 Å². The second-order valence-electron chi connectivity index (χ2n) is 7.08. The predicted molar refractivity (Wildman–Crippen MR) is 131 cm³/mol. The minimum absolute atomic E-state index is 0.0304. The maximum atomic E-state index is 12.5. The average molecular weight is 473 g/mol. The average Bonchev–Trinajstić information content (AvgIpc) is 2.83. The summed E-state index contributed by atoms with van der Waals surface area (Å²) >= 11 is 4.33. The van der Waals surface area contributed by atoms with Crippen molar-refractivity contribution in [3.05, 3.63) is 30.5 Å². The number of fused-ring (bicyclic) bond motifs is 1. The van der Waals surface area contributed by atoms with Crippen molar-refractivity contribution in [2.45, 2.75) is 32.7 Å². The minimum Gasteiger partial charge on any atom is -0.493 e. The van der Waals surface area contributed by atoms with E-state index in [1.54, 1.807) is 51.8 Å². The fourth-order valence-corrected chi connectivity index (χ4v) is 3.67. The standard InChI is InChI=1S/C22H28N6O4S/c1-6-14(7-2)28(33)22(29)27-18-9-8-15-21(25-18)26-19(12-23-15)24-13-10-16(30-3)20(32-5)17(11-13)31-4/h8-12,14,33H,6-7H2,1-5H3,(H2,24,25,26,27,29). The summed E-state index contributed by atoms with van der Waals surface area (Å²) in [5, 5.41) is 5.93. The van der Waals surface area contributed by atoms with Gasteiger partial charge in [0.05, 0.1) is 27.5 Å². The van der Waals surface area contributed by atoms with Gasteiger partial charge in [-0.05, 0) is 25.0 Å². The van der Waals surface area contributed by atoms with Gasteiger partial charge in [0.25, 0.3) is 0 Å². The van der Waals surface area contributed by atoms with Crippen LogP contribution < -0.4 is 24.8 Å². The molecule has 0 spiro atoms. The number of carbonyl (C=O) groups excluding carboxylic acids is 1. The van der Waals surface area contributed by atoms with E-state index in [-0.39, 0.29) is 12.1 Å². The van der Waals surface area contributed by atoms with Gasteiger partial charge in [-0.15, -0.1) is 0 Å². The lowest BCUT2D eigenvalue weighted by Crippen LogP contribution is -2.35. The van der Waals surface area contributed by atoms with Crippen LogP contribution in [-0.4, -0.2) is 52.7 Å². The Morgan fingerprint density at radius 3 is 2.24 bits per heavy atom. The largest absolute Gasteiger partial charge is 0.493 e. The summed E-state index contributed by atoms with van der Waals surface area (Å²) in [6, 6.07) is 6.62. The fraction of sp³-hybridized carbons (Fsp3) is 0.364. The van der Waals surface area contributed by atoms with E-state index in [1.807, 2.05) is 13.8 Å². The third kappa shape index (κ3) is 5.48. The molecule has 0 bridgehead atoms. The highest BCUT2D eigenvalue weighted by Gasteiger charge is 2.19. The van der Waals surface area contributed by atoms with Crippen LogP contribution in [0, 0.1) is 0 Å². The molecule has 3 aromatic rings. The summed E-state index contributed by atoms with van der Waals surface area (Å²) in [5.41, 5.74) is 1.63. The number of pyridine rings is 1. The molecule has 3 rings (SSSR count). The number of carbonyl (C=O) groups is 1. The molecule has 33 heavy (non-hydrogen) atoms. The number of thiol groups is 1. The summed E-state index contributed by atoms with van der Waals surface area (Å²) in [5.74, 6) is 2.32. The summed E-state index contributed by atoms with van der Waals surface area (Å²) in [7, 11) is 4.64. The van der Waals surface area contributed by atoms with Crippen molar-refractivity contribution in [1.29, 1.82) is 0 Å². The first-order valence-corrected chi connectivity index (χ1v) is 10.8. The maximum Gasteiger partial charge on any atom is 0.333 e. The summed E-state index contributed by atoms with van der Waals surface area (Å²) < 4.78 is 17.5. The molecule has 0 aliphatic rings. The molecule has 1 aromatic carbocycles. The number of urea groups is 1. The molecule has 2 aromatic heterocycles. The van der Waals surface area contributed by atoms with Gasteiger partial charge in [-0.2, -0.15) is 0 Å². The smallest absolute Gasteiger partial charge is 0.333 e. The fourth-order valence-electron chi connectivity index (χ4n) is 3.30. The van der Waals surface area contributed by atoms with Crippen molar-refractivity contribution >= 4 is 47.3 Å². The van der Waals surface area contributed by atoms with Crippen LogP contribution in [0.1, 0.15) is 26.7 Å². The van der Waals surface area contributed by atoms with E-state index >= 15 is 0 Å². The van der Waals surface area contributed by atoms with Gasteiger partial charge in [-0.3, -0.25) is 9.62 Å². The highest BCUT2D eigenvalue weighted by Crippen LogP contribution is 2.40. The van der Waals surface area contributed by atoms with Crippen molar-refractivity contribution < 1.29 is 19.0 Å². The molecule has 0 atom stereocenters. The lowest BCUT2D eigenvalue weighted by atomic mass is 10.2. The normalized spacial score (nSPS) is 10.8. The minimum atomic E-state index is -0.349. The Balaban J connectivity index is 1.84. The van der Waals surface area contributed by atoms with Crippen LogP contribution in [0.4, 0.5) is 22.1 Å². The van der Waals surface area contributed by atoms with Gasteiger partial charge in [0.1, 0.15) is 11.3 Å². The highest BCUT2D eigenvalue weighted by atomic mass is 32.1. The number of hydrogen-bond acceptors (Lipinski definition) is 9. The van der Waals surface area contributed by atoms with E-state index < -0.39 is 0 Å². The van der Waals surface area contributed by atoms with E-state index in [4.69, 9.17) is 14.2 Å². The number of amides is 2. The molecule has 0 aliphatic carbocycles. The number of hydrogen-bond donors (Lipinski definition) is 3. The van der Waals surface area contributed by atoms with E-state index in [0.717, 1.165) is 12.8 Å². The predicted octanol–water partition coefficient (Wildman–Crippen LogP) is 4.66. The molecule has 0 aliphatic heterocycles. The third-order valence-corrected chi connectivity index (χ3v) is 5.58. The Bertz CT molecular complexity index is 1100. The molecule has 2 amide bonds. The number of ether oxygens (including phenoxy) is 3. The molecule has 2 heterocycles. The number of rotatable bonds is 9. The van der Waals surface area contributed by atoms with Crippen LogP contribution >= 0.6 is 12.8 Å². The summed E-state index contributed by atoms with van der Waals surface area (Å²) in [6.45, 7) is 4.02. The quantitative estimate of drug-likeness (QED) is 0.386. The number of anilines is 3. The molecule has 11 heteroatoms. The first kappa shape index (κ1) is 24.2. The molecule has 2 N–H and O–H groups in total.